The van der Waals surface area contributed by atoms with Gasteiger partial charge in [0.15, 0.2) is 0 Å². The van der Waals surface area contributed by atoms with Crippen molar-refractivity contribution in [3.8, 4) is 0 Å². The van der Waals surface area contributed by atoms with Crippen LogP contribution < -0.4 is 5.73 Å². The zero-order chi connectivity index (χ0) is 15.5. The topological polar surface area (TPSA) is 46.3 Å². The summed E-state index contributed by atoms with van der Waals surface area (Å²) < 4.78 is 13.2. The van der Waals surface area contributed by atoms with Gasteiger partial charge in [-0.05, 0) is 55.2 Å². The van der Waals surface area contributed by atoms with Gasteiger partial charge < -0.3 is 10.6 Å². The molecule has 0 unspecified atom stereocenters. The molecule has 0 atom stereocenters. The van der Waals surface area contributed by atoms with E-state index in [9.17, 15) is 9.18 Å². The molecule has 0 radical (unpaired) electrons. The van der Waals surface area contributed by atoms with Crippen molar-refractivity contribution in [1.29, 1.82) is 0 Å². The van der Waals surface area contributed by atoms with E-state index in [0.29, 0.717) is 30.3 Å². The van der Waals surface area contributed by atoms with Crippen LogP contribution >= 0.6 is 0 Å². The number of carbonyl (C=O) groups excluding carboxylic acids is 1. The first kappa shape index (κ1) is 14.6. The first-order valence-electron chi connectivity index (χ1n) is 7.54. The first-order chi connectivity index (χ1) is 10.6. The molecular weight excluding hydrogens is 279 g/mol. The van der Waals surface area contributed by atoms with Crippen molar-refractivity contribution in [1.82, 2.24) is 4.90 Å². The Hall–Kier alpha value is -2.36. The molecule has 0 heterocycles. The van der Waals surface area contributed by atoms with Gasteiger partial charge in [0.25, 0.3) is 5.91 Å². The molecule has 2 aromatic carbocycles. The highest BCUT2D eigenvalue weighted by Gasteiger charge is 2.32. The average Bonchev–Trinajstić information content (AvgIpc) is 3.32. The number of hydrogen-bond acceptors (Lipinski definition) is 2. The molecule has 22 heavy (non-hydrogen) atoms. The fourth-order valence-corrected chi connectivity index (χ4v) is 2.62. The largest absolute Gasteiger partial charge is 0.399 e. The Balaban J connectivity index is 1.71. The molecule has 1 aliphatic carbocycles. The SMILES string of the molecule is Nc1cccc(C(=O)N(CCc2cccc(F)c2)C2CC2)c1. The van der Waals surface area contributed by atoms with Crippen LogP contribution in [0.1, 0.15) is 28.8 Å². The molecule has 1 aliphatic rings. The van der Waals surface area contributed by atoms with Crippen LogP contribution in [-0.4, -0.2) is 23.4 Å². The third-order valence-corrected chi connectivity index (χ3v) is 3.91. The Labute approximate surface area is 129 Å². The molecule has 2 N–H and O–H groups in total. The third-order valence-electron chi connectivity index (χ3n) is 3.91. The number of amides is 1. The summed E-state index contributed by atoms with van der Waals surface area (Å²) in [5.41, 5.74) is 7.87. The van der Waals surface area contributed by atoms with Gasteiger partial charge >= 0.3 is 0 Å². The van der Waals surface area contributed by atoms with Crippen LogP contribution in [-0.2, 0) is 6.42 Å². The number of halogens is 1. The van der Waals surface area contributed by atoms with E-state index in [1.807, 2.05) is 11.0 Å². The van der Waals surface area contributed by atoms with Crippen LogP contribution in [0.5, 0.6) is 0 Å². The fraction of sp³-hybridized carbons (Fsp3) is 0.278. The molecule has 114 valence electrons. The third kappa shape index (κ3) is 3.45. The monoisotopic (exact) mass is 298 g/mol. The number of carbonyl (C=O) groups is 1. The highest BCUT2D eigenvalue weighted by molar-refractivity contribution is 5.95. The predicted molar refractivity (Wildman–Crippen MR) is 85.0 cm³/mol. The molecule has 4 heteroatoms. The van der Waals surface area contributed by atoms with Crippen LogP contribution in [0.2, 0.25) is 0 Å². The second-order valence-electron chi connectivity index (χ2n) is 5.74. The fourth-order valence-electron chi connectivity index (χ4n) is 2.62. The van der Waals surface area contributed by atoms with Gasteiger partial charge in [-0.3, -0.25) is 4.79 Å². The number of nitrogens with two attached hydrogens (primary N) is 1. The zero-order valence-electron chi connectivity index (χ0n) is 12.3. The van der Waals surface area contributed by atoms with Gasteiger partial charge in [0.05, 0.1) is 0 Å². The van der Waals surface area contributed by atoms with Gasteiger partial charge in [-0.1, -0.05) is 18.2 Å². The van der Waals surface area contributed by atoms with Gasteiger partial charge in [-0.2, -0.15) is 0 Å². The van der Waals surface area contributed by atoms with Gasteiger partial charge in [-0.15, -0.1) is 0 Å². The number of hydrogen-bond donors (Lipinski definition) is 1. The van der Waals surface area contributed by atoms with Gasteiger partial charge in [0.2, 0.25) is 0 Å². The Morgan fingerprint density at radius 3 is 2.64 bits per heavy atom. The van der Waals surface area contributed by atoms with E-state index in [2.05, 4.69) is 0 Å². The van der Waals surface area contributed by atoms with E-state index in [1.165, 1.54) is 12.1 Å². The maximum absolute atomic E-state index is 13.2. The van der Waals surface area contributed by atoms with Crippen LogP contribution in [0.15, 0.2) is 48.5 Å². The minimum atomic E-state index is -0.238. The summed E-state index contributed by atoms with van der Waals surface area (Å²) >= 11 is 0. The molecule has 1 fully saturated rings. The zero-order valence-corrected chi connectivity index (χ0v) is 12.3. The number of nitrogen functional groups attached to an aromatic ring is 1. The minimum absolute atomic E-state index is 0.00574. The Morgan fingerprint density at radius 1 is 1.18 bits per heavy atom. The summed E-state index contributed by atoms with van der Waals surface area (Å²) in [7, 11) is 0. The molecule has 2 aromatic rings. The molecule has 0 aromatic heterocycles. The van der Waals surface area contributed by atoms with Gasteiger partial charge in [0, 0.05) is 23.8 Å². The van der Waals surface area contributed by atoms with Crippen LogP contribution in [0.3, 0.4) is 0 Å². The Morgan fingerprint density at radius 2 is 1.95 bits per heavy atom. The highest BCUT2D eigenvalue weighted by Crippen LogP contribution is 2.28. The standard InChI is InChI=1S/C18H19FN2O/c19-15-5-1-3-13(11-15)9-10-21(17-7-8-17)18(22)14-4-2-6-16(20)12-14/h1-6,11-12,17H,7-10,20H2. The molecule has 0 aliphatic heterocycles. The number of anilines is 1. The van der Waals surface area contributed by atoms with Crippen molar-refractivity contribution in [3.05, 3.63) is 65.5 Å². The van der Waals surface area contributed by atoms with E-state index < -0.39 is 0 Å². The summed E-state index contributed by atoms with van der Waals surface area (Å²) in [5.74, 6) is -0.233. The van der Waals surface area contributed by atoms with E-state index in [0.717, 1.165) is 18.4 Å². The van der Waals surface area contributed by atoms with E-state index >= 15 is 0 Å². The lowest BCUT2D eigenvalue weighted by Gasteiger charge is -2.22. The Bertz CT molecular complexity index is 682. The highest BCUT2D eigenvalue weighted by atomic mass is 19.1. The van der Waals surface area contributed by atoms with Crippen molar-refractivity contribution < 1.29 is 9.18 Å². The maximum atomic E-state index is 13.2. The van der Waals surface area contributed by atoms with Crippen molar-refractivity contribution in [3.63, 3.8) is 0 Å². The molecule has 0 bridgehead atoms. The van der Waals surface area contributed by atoms with Crippen molar-refractivity contribution in [2.75, 3.05) is 12.3 Å². The molecule has 1 saturated carbocycles. The van der Waals surface area contributed by atoms with Crippen LogP contribution in [0.25, 0.3) is 0 Å². The lowest BCUT2D eigenvalue weighted by Crippen LogP contribution is -2.35. The summed E-state index contributed by atoms with van der Waals surface area (Å²) in [4.78, 5) is 14.6. The molecule has 1 amide bonds. The smallest absolute Gasteiger partial charge is 0.254 e. The molecule has 3 nitrogen and oxygen atoms in total. The minimum Gasteiger partial charge on any atom is -0.399 e. The van der Waals surface area contributed by atoms with Crippen LogP contribution in [0.4, 0.5) is 10.1 Å². The number of rotatable bonds is 5. The quantitative estimate of drug-likeness (QED) is 0.861. The second-order valence-corrected chi connectivity index (χ2v) is 5.74. The van der Waals surface area contributed by atoms with Crippen molar-refractivity contribution >= 4 is 11.6 Å². The van der Waals surface area contributed by atoms with Gasteiger partial charge in [0.1, 0.15) is 5.82 Å². The summed E-state index contributed by atoms with van der Waals surface area (Å²) in [6.07, 6.45) is 2.73. The predicted octanol–water partition coefficient (Wildman–Crippen LogP) is 3.26. The van der Waals surface area contributed by atoms with Gasteiger partial charge in [-0.25, -0.2) is 4.39 Å². The van der Waals surface area contributed by atoms with Crippen molar-refractivity contribution in [2.24, 2.45) is 0 Å². The number of benzene rings is 2. The maximum Gasteiger partial charge on any atom is 0.254 e. The summed E-state index contributed by atoms with van der Waals surface area (Å²) in [5, 5.41) is 0. The first-order valence-corrected chi connectivity index (χ1v) is 7.54. The summed E-state index contributed by atoms with van der Waals surface area (Å²) in [6, 6.07) is 13.9. The second kappa shape index (κ2) is 6.18. The summed E-state index contributed by atoms with van der Waals surface area (Å²) in [6.45, 7) is 0.599. The van der Waals surface area contributed by atoms with E-state index in [-0.39, 0.29) is 11.7 Å². The van der Waals surface area contributed by atoms with E-state index in [4.69, 9.17) is 5.73 Å². The average molecular weight is 298 g/mol. The lowest BCUT2D eigenvalue weighted by atomic mass is 10.1. The van der Waals surface area contributed by atoms with Crippen molar-refractivity contribution in [2.45, 2.75) is 25.3 Å². The number of nitrogens with zero attached hydrogens (tertiary/aromatic N) is 1. The molecular formula is C18H19FN2O. The normalized spacial score (nSPS) is 13.9. The molecule has 0 spiro atoms. The van der Waals surface area contributed by atoms with Crippen LogP contribution in [0, 0.1) is 5.82 Å². The molecule has 0 saturated heterocycles. The Kier molecular flexibility index (Phi) is 4.09. The molecule has 3 rings (SSSR count). The van der Waals surface area contributed by atoms with E-state index in [1.54, 1.807) is 30.3 Å². The lowest BCUT2D eigenvalue weighted by molar-refractivity contribution is 0.0745.